The smallest absolute Gasteiger partial charge is 0.310 e. The lowest BCUT2D eigenvalue weighted by Gasteiger charge is -2.36. The Bertz CT molecular complexity index is 206. The first-order chi connectivity index (χ1) is 7.14. The average Bonchev–Trinajstić information content (AvgIpc) is 2.27. The molecule has 0 aromatic carbocycles. The zero-order valence-corrected chi connectivity index (χ0v) is 9.88. The number of aliphatic carboxylic acids is 1. The van der Waals surface area contributed by atoms with Crippen molar-refractivity contribution < 1.29 is 9.90 Å². The fourth-order valence-electron chi connectivity index (χ4n) is 2.54. The lowest BCUT2D eigenvalue weighted by Crippen LogP contribution is -2.46. The van der Waals surface area contributed by atoms with Crippen LogP contribution in [0.4, 0.5) is 0 Å². The summed E-state index contributed by atoms with van der Waals surface area (Å²) in [6, 6.07) is 0. The van der Waals surface area contributed by atoms with E-state index in [2.05, 4.69) is 19.2 Å². The van der Waals surface area contributed by atoms with Gasteiger partial charge in [-0.3, -0.25) is 4.79 Å². The minimum Gasteiger partial charge on any atom is -0.481 e. The molecular formula is C12H23NO2. The van der Waals surface area contributed by atoms with Gasteiger partial charge in [-0.15, -0.1) is 0 Å². The molecule has 0 spiro atoms. The van der Waals surface area contributed by atoms with E-state index in [0.717, 1.165) is 38.6 Å². The van der Waals surface area contributed by atoms with Crippen LogP contribution in [0.2, 0.25) is 0 Å². The van der Waals surface area contributed by atoms with Crippen molar-refractivity contribution in [3.8, 4) is 0 Å². The Labute approximate surface area is 92.3 Å². The van der Waals surface area contributed by atoms with E-state index in [4.69, 9.17) is 0 Å². The van der Waals surface area contributed by atoms with Crippen LogP contribution >= 0.6 is 0 Å². The van der Waals surface area contributed by atoms with Crippen molar-refractivity contribution in [3.63, 3.8) is 0 Å². The molecule has 0 bridgehead atoms. The lowest BCUT2D eigenvalue weighted by molar-refractivity contribution is -0.151. The van der Waals surface area contributed by atoms with E-state index in [1.54, 1.807) is 0 Å². The third kappa shape index (κ3) is 2.94. The molecule has 1 heterocycles. The molecule has 88 valence electrons. The fraction of sp³-hybridized carbons (Fsp3) is 0.917. The van der Waals surface area contributed by atoms with Crippen molar-refractivity contribution in [1.82, 2.24) is 5.32 Å². The van der Waals surface area contributed by atoms with Crippen molar-refractivity contribution in [2.45, 2.75) is 46.0 Å². The predicted molar refractivity (Wildman–Crippen MR) is 60.9 cm³/mol. The zero-order chi connectivity index (χ0) is 11.3. The second kappa shape index (κ2) is 5.50. The quantitative estimate of drug-likeness (QED) is 0.736. The number of hydrogen-bond acceptors (Lipinski definition) is 2. The van der Waals surface area contributed by atoms with Crippen molar-refractivity contribution in [2.24, 2.45) is 11.3 Å². The van der Waals surface area contributed by atoms with Crippen LogP contribution in [-0.2, 0) is 4.79 Å². The first-order valence-corrected chi connectivity index (χ1v) is 6.08. The maximum Gasteiger partial charge on any atom is 0.310 e. The number of carboxylic acid groups (broad SMARTS) is 1. The van der Waals surface area contributed by atoms with Crippen molar-refractivity contribution in [3.05, 3.63) is 0 Å². The molecule has 1 fully saturated rings. The van der Waals surface area contributed by atoms with E-state index >= 15 is 0 Å². The first kappa shape index (κ1) is 12.5. The van der Waals surface area contributed by atoms with Gasteiger partial charge in [-0.25, -0.2) is 0 Å². The minimum atomic E-state index is -0.610. The van der Waals surface area contributed by atoms with Gasteiger partial charge in [-0.2, -0.15) is 0 Å². The number of piperidine rings is 1. The summed E-state index contributed by atoms with van der Waals surface area (Å²) in [6.07, 6.45) is 4.84. The molecule has 1 rings (SSSR count). The maximum absolute atomic E-state index is 11.4. The van der Waals surface area contributed by atoms with Crippen LogP contribution < -0.4 is 5.32 Å². The van der Waals surface area contributed by atoms with E-state index in [0.29, 0.717) is 12.5 Å². The molecule has 0 saturated carbocycles. The van der Waals surface area contributed by atoms with Crippen LogP contribution in [0.5, 0.6) is 0 Å². The molecule has 0 aliphatic carbocycles. The molecule has 1 saturated heterocycles. The number of nitrogens with one attached hydrogen (secondary N) is 1. The number of carbonyl (C=O) groups is 1. The summed E-state index contributed by atoms with van der Waals surface area (Å²) in [4.78, 5) is 11.4. The molecule has 1 aliphatic heterocycles. The summed E-state index contributed by atoms with van der Waals surface area (Å²) >= 11 is 0. The van der Waals surface area contributed by atoms with E-state index in [9.17, 15) is 9.90 Å². The van der Waals surface area contributed by atoms with Crippen LogP contribution in [0, 0.1) is 11.3 Å². The summed E-state index contributed by atoms with van der Waals surface area (Å²) < 4.78 is 0. The maximum atomic E-state index is 11.4. The summed E-state index contributed by atoms with van der Waals surface area (Å²) in [6.45, 7) is 5.93. The van der Waals surface area contributed by atoms with Gasteiger partial charge in [-0.05, 0) is 31.7 Å². The van der Waals surface area contributed by atoms with Crippen LogP contribution in [0.25, 0.3) is 0 Å². The van der Waals surface area contributed by atoms with Gasteiger partial charge in [-0.1, -0.05) is 26.7 Å². The van der Waals surface area contributed by atoms with Gasteiger partial charge in [0, 0.05) is 6.54 Å². The van der Waals surface area contributed by atoms with Gasteiger partial charge in [0.2, 0.25) is 0 Å². The molecule has 0 amide bonds. The lowest BCUT2D eigenvalue weighted by atomic mass is 9.73. The molecule has 1 aliphatic rings. The Balaban J connectivity index is 2.67. The molecule has 0 aromatic rings. The van der Waals surface area contributed by atoms with E-state index < -0.39 is 11.4 Å². The highest BCUT2D eigenvalue weighted by Gasteiger charge is 2.40. The number of carboxylic acids is 1. The molecule has 15 heavy (non-hydrogen) atoms. The molecule has 1 atom stereocenters. The monoisotopic (exact) mass is 213 g/mol. The molecular weight excluding hydrogens is 190 g/mol. The molecule has 0 aromatic heterocycles. The van der Waals surface area contributed by atoms with Gasteiger partial charge < -0.3 is 10.4 Å². The Hall–Kier alpha value is -0.570. The third-order valence-corrected chi connectivity index (χ3v) is 3.76. The molecule has 3 nitrogen and oxygen atoms in total. The number of hydrogen-bond donors (Lipinski definition) is 2. The largest absolute Gasteiger partial charge is 0.481 e. The highest BCUT2D eigenvalue weighted by atomic mass is 16.4. The number of rotatable bonds is 5. The summed E-state index contributed by atoms with van der Waals surface area (Å²) in [5.41, 5.74) is -0.491. The van der Waals surface area contributed by atoms with Crippen LogP contribution in [0.3, 0.4) is 0 Å². The zero-order valence-electron chi connectivity index (χ0n) is 9.88. The van der Waals surface area contributed by atoms with Crippen molar-refractivity contribution in [1.29, 1.82) is 0 Å². The van der Waals surface area contributed by atoms with Gasteiger partial charge in [0.1, 0.15) is 0 Å². The van der Waals surface area contributed by atoms with Gasteiger partial charge >= 0.3 is 5.97 Å². The normalized spacial score (nSPS) is 26.9. The van der Waals surface area contributed by atoms with Crippen molar-refractivity contribution >= 4 is 5.97 Å². The van der Waals surface area contributed by atoms with Gasteiger partial charge in [0.25, 0.3) is 0 Å². The van der Waals surface area contributed by atoms with Crippen molar-refractivity contribution in [2.75, 3.05) is 13.1 Å². The summed E-state index contributed by atoms with van der Waals surface area (Å²) in [7, 11) is 0. The second-order valence-corrected chi connectivity index (χ2v) is 4.75. The van der Waals surface area contributed by atoms with Crippen LogP contribution in [0.15, 0.2) is 0 Å². The second-order valence-electron chi connectivity index (χ2n) is 4.75. The van der Waals surface area contributed by atoms with Crippen LogP contribution in [-0.4, -0.2) is 24.2 Å². The molecule has 0 radical (unpaired) electrons. The Morgan fingerprint density at radius 3 is 2.53 bits per heavy atom. The Kier molecular flexibility index (Phi) is 4.58. The Morgan fingerprint density at radius 2 is 2.13 bits per heavy atom. The first-order valence-electron chi connectivity index (χ1n) is 6.08. The molecule has 3 heteroatoms. The summed E-state index contributed by atoms with van der Waals surface area (Å²) in [5, 5.41) is 12.6. The van der Waals surface area contributed by atoms with Crippen LogP contribution in [0.1, 0.15) is 46.0 Å². The highest BCUT2D eigenvalue weighted by Crippen LogP contribution is 2.35. The Morgan fingerprint density at radius 1 is 1.47 bits per heavy atom. The molecule has 2 N–H and O–H groups in total. The fourth-order valence-corrected chi connectivity index (χ4v) is 2.54. The van der Waals surface area contributed by atoms with E-state index in [-0.39, 0.29) is 0 Å². The summed E-state index contributed by atoms with van der Waals surface area (Å²) in [5.74, 6) is -0.0531. The minimum absolute atomic E-state index is 0.491. The standard InChI is InChI=1S/C12H23NO2/c1-3-10(4-2)8-12(11(14)15)6-5-7-13-9-12/h10,13H,3-9H2,1-2H3,(H,14,15). The predicted octanol–water partition coefficient (Wildman–Crippen LogP) is 2.27. The van der Waals surface area contributed by atoms with Gasteiger partial charge in [0.15, 0.2) is 0 Å². The SMILES string of the molecule is CCC(CC)CC1(C(=O)O)CCCNC1. The molecule has 1 unspecified atom stereocenters. The average molecular weight is 213 g/mol. The topological polar surface area (TPSA) is 49.3 Å². The van der Waals surface area contributed by atoms with E-state index in [1.807, 2.05) is 0 Å². The van der Waals surface area contributed by atoms with Gasteiger partial charge in [0.05, 0.1) is 5.41 Å². The van der Waals surface area contributed by atoms with E-state index in [1.165, 1.54) is 0 Å². The third-order valence-electron chi connectivity index (χ3n) is 3.76. The highest BCUT2D eigenvalue weighted by molar-refractivity contribution is 5.75.